The van der Waals surface area contributed by atoms with Crippen molar-refractivity contribution in [2.45, 2.75) is 19.1 Å². The maximum atomic E-state index is 12.5. The number of hydrogen-bond acceptors (Lipinski definition) is 4. The van der Waals surface area contributed by atoms with E-state index in [0.29, 0.717) is 11.5 Å². The van der Waals surface area contributed by atoms with Crippen LogP contribution in [0.1, 0.15) is 6.92 Å². The molecule has 1 aromatic carbocycles. The van der Waals surface area contributed by atoms with Crippen molar-refractivity contribution in [1.29, 1.82) is 0 Å². The molecule has 2 heterocycles. The van der Waals surface area contributed by atoms with Crippen molar-refractivity contribution in [2.24, 2.45) is 0 Å². The number of rotatable bonds is 1. The van der Waals surface area contributed by atoms with Crippen LogP contribution in [0, 0.1) is 0 Å². The van der Waals surface area contributed by atoms with Crippen molar-refractivity contribution < 1.29 is 14.3 Å². The minimum absolute atomic E-state index is 0.0171. The molecule has 0 radical (unpaired) electrons. The van der Waals surface area contributed by atoms with E-state index < -0.39 is 6.10 Å². The summed E-state index contributed by atoms with van der Waals surface area (Å²) in [6.45, 7) is 4.71. The van der Waals surface area contributed by atoms with Gasteiger partial charge in [0.05, 0.1) is 0 Å². The van der Waals surface area contributed by atoms with E-state index in [1.54, 1.807) is 0 Å². The molecule has 2 aliphatic heterocycles. The number of para-hydroxylation sites is 2. The van der Waals surface area contributed by atoms with E-state index in [0.717, 1.165) is 19.6 Å². The summed E-state index contributed by atoms with van der Waals surface area (Å²) in [5, 5.41) is 3.27. The molecule has 102 valence electrons. The number of nitrogens with one attached hydrogen (secondary N) is 1. The maximum Gasteiger partial charge on any atom is 0.267 e. The molecule has 0 bridgehead atoms. The van der Waals surface area contributed by atoms with Crippen molar-refractivity contribution in [1.82, 2.24) is 10.2 Å². The molecule has 0 unspecified atom stereocenters. The van der Waals surface area contributed by atoms with Crippen LogP contribution in [0.2, 0.25) is 0 Å². The molecule has 0 saturated carbocycles. The molecular formula is C14H18N2O3. The Hall–Kier alpha value is -1.75. The van der Waals surface area contributed by atoms with E-state index in [-0.39, 0.29) is 18.6 Å². The fourth-order valence-electron chi connectivity index (χ4n) is 2.49. The zero-order valence-corrected chi connectivity index (χ0v) is 11.0. The summed E-state index contributed by atoms with van der Waals surface area (Å²) in [4.78, 5) is 14.3. The van der Waals surface area contributed by atoms with E-state index in [4.69, 9.17) is 9.47 Å². The van der Waals surface area contributed by atoms with Gasteiger partial charge in [0.1, 0.15) is 6.61 Å². The highest BCUT2D eigenvalue weighted by Gasteiger charge is 2.33. The summed E-state index contributed by atoms with van der Waals surface area (Å²) in [5.74, 6) is 1.37. The quantitative estimate of drug-likeness (QED) is 0.807. The van der Waals surface area contributed by atoms with E-state index >= 15 is 0 Å². The van der Waals surface area contributed by atoms with Crippen LogP contribution < -0.4 is 14.8 Å². The van der Waals surface area contributed by atoms with Gasteiger partial charge in [0, 0.05) is 25.7 Å². The predicted molar refractivity (Wildman–Crippen MR) is 70.4 cm³/mol. The first-order chi connectivity index (χ1) is 9.25. The Labute approximate surface area is 112 Å². The molecule has 1 aromatic rings. The minimum Gasteiger partial charge on any atom is -0.485 e. The first-order valence-corrected chi connectivity index (χ1v) is 6.65. The summed E-state index contributed by atoms with van der Waals surface area (Å²) >= 11 is 0. The molecule has 2 aliphatic rings. The number of piperazine rings is 1. The lowest BCUT2D eigenvalue weighted by Crippen LogP contribution is -2.57. The summed E-state index contributed by atoms with van der Waals surface area (Å²) in [6, 6.07) is 7.65. The zero-order chi connectivity index (χ0) is 13.2. The zero-order valence-electron chi connectivity index (χ0n) is 11.0. The molecule has 0 aliphatic carbocycles. The number of nitrogens with zero attached hydrogens (tertiary/aromatic N) is 1. The molecule has 0 aromatic heterocycles. The summed E-state index contributed by atoms with van der Waals surface area (Å²) in [6.07, 6.45) is -0.532. The fourth-order valence-corrected chi connectivity index (χ4v) is 2.49. The summed E-state index contributed by atoms with van der Waals surface area (Å²) in [7, 11) is 0. The number of ether oxygens (including phenoxy) is 2. The molecule has 19 heavy (non-hydrogen) atoms. The van der Waals surface area contributed by atoms with Crippen LogP contribution in [0.5, 0.6) is 11.5 Å². The van der Waals surface area contributed by atoms with Crippen LogP contribution in [0.4, 0.5) is 0 Å². The first kappa shape index (κ1) is 12.3. The van der Waals surface area contributed by atoms with Crippen LogP contribution >= 0.6 is 0 Å². The van der Waals surface area contributed by atoms with Gasteiger partial charge in [0.15, 0.2) is 11.5 Å². The Morgan fingerprint density at radius 2 is 2.16 bits per heavy atom. The Kier molecular flexibility index (Phi) is 3.29. The standard InChI is InChI=1S/C14H18N2O3/c1-10-8-15-6-7-16(10)14(17)13-9-18-11-4-2-3-5-12(11)19-13/h2-5,10,13,15H,6-9H2,1H3/t10-,13-/m0/s1. The SMILES string of the molecule is C[C@H]1CNCCN1C(=O)[C@@H]1COc2ccccc2O1. The van der Waals surface area contributed by atoms with Gasteiger partial charge < -0.3 is 19.7 Å². The number of hydrogen-bond donors (Lipinski definition) is 1. The average Bonchev–Trinajstić information content (AvgIpc) is 2.46. The van der Waals surface area contributed by atoms with Crippen molar-refractivity contribution in [3.05, 3.63) is 24.3 Å². The monoisotopic (exact) mass is 262 g/mol. The van der Waals surface area contributed by atoms with Gasteiger partial charge in [-0.1, -0.05) is 12.1 Å². The molecule has 1 N–H and O–H groups in total. The molecule has 1 saturated heterocycles. The van der Waals surface area contributed by atoms with Crippen LogP contribution in [-0.2, 0) is 4.79 Å². The van der Waals surface area contributed by atoms with Gasteiger partial charge in [-0.05, 0) is 19.1 Å². The highest BCUT2D eigenvalue weighted by atomic mass is 16.6. The molecule has 5 heteroatoms. The fraction of sp³-hybridized carbons (Fsp3) is 0.500. The minimum atomic E-state index is -0.532. The van der Waals surface area contributed by atoms with E-state index in [1.807, 2.05) is 36.1 Å². The number of carbonyl (C=O) groups excluding carboxylic acids is 1. The second kappa shape index (κ2) is 5.09. The first-order valence-electron chi connectivity index (χ1n) is 6.65. The van der Waals surface area contributed by atoms with Crippen LogP contribution in [0.25, 0.3) is 0 Å². The second-order valence-electron chi connectivity index (χ2n) is 4.95. The van der Waals surface area contributed by atoms with Crippen LogP contribution in [0.3, 0.4) is 0 Å². The van der Waals surface area contributed by atoms with Gasteiger partial charge >= 0.3 is 0 Å². The van der Waals surface area contributed by atoms with E-state index in [1.165, 1.54) is 0 Å². The van der Waals surface area contributed by atoms with Crippen molar-refractivity contribution in [3.63, 3.8) is 0 Å². The molecule has 0 spiro atoms. The third-order valence-corrected chi connectivity index (χ3v) is 3.57. The highest BCUT2D eigenvalue weighted by Crippen LogP contribution is 2.31. The summed E-state index contributed by atoms with van der Waals surface area (Å²) < 4.78 is 11.4. The molecular weight excluding hydrogens is 244 g/mol. The molecule has 2 atom stereocenters. The Morgan fingerprint density at radius 3 is 2.95 bits per heavy atom. The highest BCUT2D eigenvalue weighted by molar-refractivity contribution is 5.82. The molecule has 3 rings (SSSR count). The van der Waals surface area contributed by atoms with Gasteiger partial charge in [0.2, 0.25) is 6.10 Å². The van der Waals surface area contributed by atoms with Gasteiger partial charge in [-0.15, -0.1) is 0 Å². The van der Waals surface area contributed by atoms with Gasteiger partial charge in [-0.3, -0.25) is 4.79 Å². The Morgan fingerprint density at radius 1 is 1.37 bits per heavy atom. The molecule has 1 fully saturated rings. The normalized spacial score (nSPS) is 26.1. The van der Waals surface area contributed by atoms with Gasteiger partial charge in [0.25, 0.3) is 5.91 Å². The molecule has 5 nitrogen and oxygen atoms in total. The molecule has 1 amide bonds. The lowest BCUT2D eigenvalue weighted by Gasteiger charge is -2.37. The van der Waals surface area contributed by atoms with Crippen molar-refractivity contribution in [3.8, 4) is 11.5 Å². The largest absolute Gasteiger partial charge is 0.485 e. The van der Waals surface area contributed by atoms with Gasteiger partial charge in [-0.25, -0.2) is 0 Å². The number of benzene rings is 1. The lowest BCUT2D eigenvalue weighted by molar-refractivity contribution is -0.144. The third kappa shape index (κ3) is 2.38. The predicted octanol–water partition coefficient (Wildman–Crippen LogP) is 0.647. The van der Waals surface area contributed by atoms with Crippen LogP contribution in [-0.4, -0.2) is 49.2 Å². The van der Waals surface area contributed by atoms with Crippen LogP contribution in [0.15, 0.2) is 24.3 Å². The number of amides is 1. The topological polar surface area (TPSA) is 50.8 Å². The Balaban J connectivity index is 1.72. The van der Waals surface area contributed by atoms with Crippen molar-refractivity contribution >= 4 is 5.91 Å². The van der Waals surface area contributed by atoms with E-state index in [2.05, 4.69) is 5.32 Å². The third-order valence-electron chi connectivity index (χ3n) is 3.57. The Bertz CT molecular complexity index is 478. The van der Waals surface area contributed by atoms with Crippen molar-refractivity contribution in [2.75, 3.05) is 26.2 Å². The lowest BCUT2D eigenvalue weighted by atomic mass is 10.1. The number of fused-ring (bicyclic) bond motifs is 1. The average molecular weight is 262 g/mol. The summed E-state index contributed by atoms with van der Waals surface area (Å²) in [5.41, 5.74) is 0. The van der Waals surface area contributed by atoms with E-state index in [9.17, 15) is 4.79 Å². The maximum absolute atomic E-state index is 12.5. The van der Waals surface area contributed by atoms with Gasteiger partial charge in [-0.2, -0.15) is 0 Å². The second-order valence-corrected chi connectivity index (χ2v) is 4.95. The number of carbonyl (C=O) groups is 1. The smallest absolute Gasteiger partial charge is 0.267 e.